The minimum absolute atomic E-state index is 0.0943. The van der Waals surface area contributed by atoms with Gasteiger partial charge in [-0.2, -0.15) is 0 Å². The number of hydrogen-bond donors (Lipinski definition) is 2. The van der Waals surface area contributed by atoms with Crippen LogP contribution in [0, 0.1) is 0 Å². The summed E-state index contributed by atoms with van der Waals surface area (Å²) in [5, 5.41) is 0. The molecule has 60 heavy (non-hydrogen) atoms. The van der Waals surface area contributed by atoms with E-state index in [2.05, 4.69) is 38.2 Å². The van der Waals surface area contributed by atoms with Crippen molar-refractivity contribution >= 4 is 13.8 Å². The molecular weight excluding hydrogens is 770 g/mol. The van der Waals surface area contributed by atoms with Crippen molar-refractivity contribution in [3.63, 3.8) is 0 Å². The molecule has 0 amide bonds. The fourth-order valence-corrected chi connectivity index (χ4v) is 8.32. The van der Waals surface area contributed by atoms with Gasteiger partial charge in [-0.15, -0.1) is 0 Å². The Morgan fingerprint density at radius 1 is 0.500 bits per heavy atom. The van der Waals surface area contributed by atoms with Crippen LogP contribution in [-0.2, 0) is 27.9 Å². The summed E-state index contributed by atoms with van der Waals surface area (Å²) >= 11 is 0. The Morgan fingerprint density at radius 3 is 1.32 bits per heavy atom. The first-order valence-electron chi connectivity index (χ1n) is 25.8. The highest BCUT2D eigenvalue weighted by Gasteiger charge is 2.25. The minimum atomic E-state index is -4.28. The van der Waals surface area contributed by atoms with Crippen LogP contribution < -0.4 is 5.73 Å². The van der Waals surface area contributed by atoms with Crippen LogP contribution in [0.15, 0.2) is 24.3 Å². The summed E-state index contributed by atoms with van der Waals surface area (Å²) in [6, 6.07) is 0. The van der Waals surface area contributed by atoms with Crippen LogP contribution in [0.5, 0.6) is 0 Å². The van der Waals surface area contributed by atoms with E-state index in [0.29, 0.717) is 13.0 Å². The number of phosphoric ester groups is 1. The molecule has 0 spiro atoms. The number of carbonyl (C=O) groups excluding carboxylic acids is 1. The van der Waals surface area contributed by atoms with Gasteiger partial charge in [-0.05, 0) is 44.9 Å². The summed E-state index contributed by atoms with van der Waals surface area (Å²) in [6.07, 6.45) is 56.4. The molecule has 0 aromatic carbocycles. The lowest BCUT2D eigenvalue weighted by Gasteiger charge is -2.20. The van der Waals surface area contributed by atoms with E-state index in [-0.39, 0.29) is 32.3 Å². The summed E-state index contributed by atoms with van der Waals surface area (Å²) in [7, 11) is -4.28. The zero-order chi connectivity index (χ0) is 43.7. The van der Waals surface area contributed by atoms with E-state index >= 15 is 0 Å². The van der Waals surface area contributed by atoms with Gasteiger partial charge in [0.1, 0.15) is 6.10 Å². The second kappa shape index (κ2) is 49.0. The fourth-order valence-electron chi connectivity index (χ4n) is 7.56. The van der Waals surface area contributed by atoms with Crippen LogP contribution in [0.3, 0.4) is 0 Å². The number of phosphoric acid groups is 1. The van der Waals surface area contributed by atoms with Crippen LogP contribution in [0.4, 0.5) is 0 Å². The molecule has 356 valence electrons. The number of unbranched alkanes of at least 4 members (excludes halogenated alkanes) is 33. The third-order valence-electron chi connectivity index (χ3n) is 11.4. The molecule has 0 aliphatic carbocycles. The Hall–Kier alpha value is -1.02. The normalized spacial score (nSPS) is 13.5. The maximum Gasteiger partial charge on any atom is 0.472 e. The molecular formula is C51H100NO7P. The first-order valence-corrected chi connectivity index (χ1v) is 27.3. The standard InChI is InChI=1S/C51H100NO7P/c1-3-5-7-9-11-13-15-17-19-21-23-24-25-26-28-30-32-34-36-38-40-42-44-51(53)59-50(49-58-60(54,55)57-47-45-52)48-56-46-43-41-39-37-35-33-31-29-27-22-20-18-16-14-12-10-8-6-4-2/h14,16,20,22,50H,3-13,15,17-19,21,23-49,52H2,1-2H3,(H,54,55)/b16-14-,22-20-. The number of nitrogens with two attached hydrogens (primary N) is 1. The smallest absolute Gasteiger partial charge is 0.457 e. The Morgan fingerprint density at radius 2 is 0.883 bits per heavy atom. The molecule has 8 nitrogen and oxygen atoms in total. The van der Waals surface area contributed by atoms with E-state index in [4.69, 9.17) is 24.3 Å². The topological polar surface area (TPSA) is 117 Å². The van der Waals surface area contributed by atoms with Crippen LogP contribution in [-0.4, -0.2) is 49.9 Å². The Bertz CT molecular complexity index is 977. The van der Waals surface area contributed by atoms with Crippen molar-refractivity contribution in [1.29, 1.82) is 0 Å². The van der Waals surface area contributed by atoms with Crippen molar-refractivity contribution in [3.05, 3.63) is 24.3 Å². The number of rotatable bonds is 50. The van der Waals surface area contributed by atoms with Crippen molar-refractivity contribution < 1.29 is 32.8 Å². The van der Waals surface area contributed by atoms with Gasteiger partial charge < -0.3 is 20.1 Å². The molecule has 0 rings (SSSR count). The third-order valence-corrected chi connectivity index (χ3v) is 12.4. The number of ether oxygens (including phenoxy) is 2. The highest BCUT2D eigenvalue weighted by molar-refractivity contribution is 7.47. The molecule has 0 saturated carbocycles. The highest BCUT2D eigenvalue weighted by atomic mass is 31.2. The van der Waals surface area contributed by atoms with E-state index in [1.807, 2.05) is 0 Å². The lowest BCUT2D eigenvalue weighted by atomic mass is 10.0. The van der Waals surface area contributed by atoms with E-state index < -0.39 is 13.9 Å². The van der Waals surface area contributed by atoms with Crippen LogP contribution in [0.1, 0.15) is 258 Å². The van der Waals surface area contributed by atoms with Gasteiger partial charge in [-0.25, -0.2) is 4.57 Å². The van der Waals surface area contributed by atoms with Crippen LogP contribution in [0.2, 0.25) is 0 Å². The number of esters is 1. The summed E-state index contributed by atoms with van der Waals surface area (Å²) in [5.41, 5.74) is 5.39. The molecule has 0 aromatic rings. The lowest BCUT2D eigenvalue weighted by molar-refractivity contribution is -0.154. The summed E-state index contributed by atoms with van der Waals surface area (Å²) in [4.78, 5) is 22.6. The van der Waals surface area contributed by atoms with Crippen LogP contribution >= 0.6 is 7.82 Å². The Kier molecular flexibility index (Phi) is 48.2. The molecule has 0 aromatic heterocycles. The lowest BCUT2D eigenvalue weighted by Crippen LogP contribution is -2.28. The highest BCUT2D eigenvalue weighted by Crippen LogP contribution is 2.43. The summed E-state index contributed by atoms with van der Waals surface area (Å²) < 4.78 is 33.6. The molecule has 3 N–H and O–H groups in total. The van der Waals surface area contributed by atoms with Crippen molar-refractivity contribution in [2.24, 2.45) is 5.73 Å². The first-order chi connectivity index (χ1) is 29.4. The molecule has 0 saturated heterocycles. The van der Waals surface area contributed by atoms with E-state index in [9.17, 15) is 14.3 Å². The van der Waals surface area contributed by atoms with Crippen molar-refractivity contribution in [2.75, 3.05) is 33.0 Å². The van der Waals surface area contributed by atoms with Crippen molar-refractivity contribution in [1.82, 2.24) is 0 Å². The van der Waals surface area contributed by atoms with E-state index in [0.717, 1.165) is 38.5 Å². The summed E-state index contributed by atoms with van der Waals surface area (Å²) in [5.74, 6) is -0.326. The molecule has 0 heterocycles. The van der Waals surface area contributed by atoms with Gasteiger partial charge in [0, 0.05) is 19.6 Å². The van der Waals surface area contributed by atoms with Gasteiger partial charge in [0.15, 0.2) is 0 Å². The Labute approximate surface area is 372 Å². The van der Waals surface area contributed by atoms with Gasteiger partial charge in [0.05, 0.1) is 19.8 Å². The monoisotopic (exact) mass is 870 g/mol. The van der Waals surface area contributed by atoms with Crippen LogP contribution in [0.25, 0.3) is 0 Å². The molecule has 9 heteroatoms. The fraction of sp³-hybridized carbons (Fsp3) is 0.902. The van der Waals surface area contributed by atoms with Gasteiger partial charge in [0.2, 0.25) is 0 Å². The third kappa shape index (κ3) is 48.0. The minimum Gasteiger partial charge on any atom is -0.457 e. The maximum absolute atomic E-state index is 12.7. The average molecular weight is 870 g/mol. The van der Waals surface area contributed by atoms with E-state index in [1.54, 1.807) is 0 Å². The quantitative estimate of drug-likeness (QED) is 0.0269. The van der Waals surface area contributed by atoms with Gasteiger partial charge in [-0.1, -0.05) is 231 Å². The molecule has 2 unspecified atom stereocenters. The summed E-state index contributed by atoms with van der Waals surface area (Å²) in [6.45, 7) is 4.95. The Balaban J connectivity index is 3.91. The number of hydrogen-bond acceptors (Lipinski definition) is 7. The largest absolute Gasteiger partial charge is 0.472 e. The molecule has 0 aliphatic heterocycles. The van der Waals surface area contributed by atoms with Gasteiger partial charge in [0.25, 0.3) is 0 Å². The first kappa shape index (κ1) is 59.0. The van der Waals surface area contributed by atoms with E-state index in [1.165, 1.54) is 199 Å². The SMILES string of the molecule is CCCCCC/C=C\C/C=C\CCCCCCCCCCOCC(COP(=O)(O)OCCN)OC(=O)CCCCCCCCCCCCCCCCCCCCCCCC. The number of carbonyl (C=O) groups is 1. The zero-order valence-corrected chi connectivity index (χ0v) is 40.6. The molecule has 2 atom stereocenters. The average Bonchev–Trinajstić information content (AvgIpc) is 3.24. The maximum atomic E-state index is 12.7. The predicted molar refractivity (Wildman–Crippen MR) is 257 cm³/mol. The molecule has 0 aliphatic rings. The second-order valence-electron chi connectivity index (χ2n) is 17.4. The van der Waals surface area contributed by atoms with Gasteiger partial charge >= 0.3 is 13.8 Å². The second-order valence-corrected chi connectivity index (χ2v) is 18.8. The molecule has 0 radical (unpaired) electrons. The predicted octanol–water partition coefficient (Wildman–Crippen LogP) is 16.0. The van der Waals surface area contributed by atoms with Gasteiger partial charge in [-0.3, -0.25) is 13.8 Å². The molecule has 0 fully saturated rings. The zero-order valence-electron chi connectivity index (χ0n) is 39.7. The van der Waals surface area contributed by atoms with Crippen molar-refractivity contribution in [3.8, 4) is 0 Å². The molecule has 0 bridgehead atoms. The van der Waals surface area contributed by atoms with Crippen molar-refractivity contribution in [2.45, 2.75) is 264 Å². The number of allylic oxidation sites excluding steroid dienone is 4.